The Hall–Kier alpha value is -1.55. The Morgan fingerprint density at radius 1 is 1.50 bits per heavy atom. The van der Waals surface area contributed by atoms with Crippen molar-refractivity contribution in [2.24, 2.45) is 0 Å². The molecule has 0 amide bonds. The largest absolute Gasteiger partial charge is 0.478 e. The highest BCUT2D eigenvalue weighted by atomic mass is 16.7. The second kappa shape index (κ2) is 4.62. The second-order valence-electron chi connectivity index (χ2n) is 2.83. The first-order valence-electron chi connectivity index (χ1n) is 4.11. The van der Waals surface area contributed by atoms with Gasteiger partial charge in [0.1, 0.15) is 5.75 Å². The van der Waals surface area contributed by atoms with Crippen molar-refractivity contribution >= 4 is 5.97 Å². The predicted octanol–water partition coefficient (Wildman–Crippen LogP) is 1.68. The van der Waals surface area contributed by atoms with Crippen LogP contribution in [0.1, 0.15) is 15.9 Å². The van der Waals surface area contributed by atoms with Gasteiger partial charge in [0.2, 0.25) is 0 Å². The minimum absolute atomic E-state index is 0.113. The van der Waals surface area contributed by atoms with Crippen LogP contribution in [0.25, 0.3) is 0 Å². The molecule has 0 saturated heterocycles. The standard InChI is InChI=1S/C10H12O4/c1-7-3-4-8(14-6-13-2)5-9(7)10(11)12/h3-5H,6H2,1-2H3,(H,11,12). The summed E-state index contributed by atoms with van der Waals surface area (Å²) in [6.45, 7) is 1.85. The summed E-state index contributed by atoms with van der Waals surface area (Å²) in [5.41, 5.74) is 0.959. The van der Waals surface area contributed by atoms with Crippen molar-refractivity contribution in [2.45, 2.75) is 6.92 Å². The van der Waals surface area contributed by atoms with Crippen LogP contribution in [-0.2, 0) is 4.74 Å². The molecule has 14 heavy (non-hydrogen) atoms. The summed E-state index contributed by atoms with van der Waals surface area (Å²) in [5, 5.41) is 8.83. The van der Waals surface area contributed by atoms with E-state index >= 15 is 0 Å². The molecule has 1 N–H and O–H groups in total. The van der Waals surface area contributed by atoms with Gasteiger partial charge in [0.25, 0.3) is 0 Å². The smallest absolute Gasteiger partial charge is 0.336 e. The quantitative estimate of drug-likeness (QED) is 0.744. The molecule has 0 heterocycles. The lowest BCUT2D eigenvalue weighted by Gasteiger charge is -2.06. The Kier molecular flexibility index (Phi) is 3.48. The highest BCUT2D eigenvalue weighted by molar-refractivity contribution is 5.89. The van der Waals surface area contributed by atoms with Gasteiger partial charge in [-0.3, -0.25) is 0 Å². The molecule has 0 atom stereocenters. The molecule has 0 aliphatic heterocycles. The van der Waals surface area contributed by atoms with Gasteiger partial charge in [-0.05, 0) is 24.6 Å². The first kappa shape index (κ1) is 10.5. The van der Waals surface area contributed by atoms with Crippen molar-refractivity contribution in [3.8, 4) is 5.75 Å². The number of ether oxygens (including phenoxy) is 2. The Bertz CT molecular complexity index is 333. The fraction of sp³-hybridized carbons (Fsp3) is 0.300. The zero-order valence-electron chi connectivity index (χ0n) is 8.11. The van der Waals surface area contributed by atoms with Gasteiger partial charge in [0.15, 0.2) is 6.79 Å². The number of rotatable bonds is 4. The zero-order valence-corrected chi connectivity index (χ0v) is 8.11. The van der Waals surface area contributed by atoms with Gasteiger partial charge < -0.3 is 14.6 Å². The maximum atomic E-state index is 10.8. The van der Waals surface area contributed by atoms with E-state index in [1.807, 2.05) is 0 Å². The minimum atomic E-state index is -0.953. The molecule has 0 unspecified atom stereocenters. The van der Waals surface area contributed by atoms with E-state index in [1.165, 1.54) is 13.2 Å². The van der Waals surface area contributed by atoms with Gasteiger partial charge in [-0.1, -0.05) is 6.07 Å². The molecular weight excluding hydrogens is 184 g/mol. The number of aromatic carboxylic acids is 1. The molecule has 76 valence electrons. The maximum Gasteiger partial charge on any atom is 0.336 e. The van der Waals surface area contributed by atoms with Crippen LogP contribution in [0, 0.1) is 6.92 Å². The monoisotopic (exact) mass is 196 g/mol. The predicted molar refractivity (Wildman–Crippen MR) is 50.6 cm³/mol. The highest BCUT2D eigenvalue weighted by Gasteiger charge is 2.07. The number of hydrogen-bond acceptors (Lipinski definition) is 3. The van der Waals surface area contributed by atoms with E-state index in [9.17, 15) is 4.79 Å². The van der Waals surface area contributed by atoms with Crippen molar-refractivity contribution in [1.82, 2.24) is 0 Å². The van der Waals surface area contributed by atoms with Crippen LogP contribution in [0.2, 0.25) is 0 Å². The Balaban J connectivity index is 2.89. The van der Waals surface area contributed by atoms with Gasteiger partial charge in [0.05, 0.1) is 5.56 Å². The molecule has 0 saturated carbocycles. The molecule has 0 radical (unpaired) electrons. The fourth-order valence-electron chi connectivity index (χ4n) is 1.05. The number of benzene rings is 1. The highest BCUT2D eigenvalue weighted by Crippen LogP contribution is 2.17. The maximum absolute atomic E-state index is 10.8. The summed E-state index contributed by atoms with van der Waals surface area (Å²) in [5.74, 6) is -0.458. The van der Waals surface area contributed by atoms with E-state index in [0.717, 1.165) is 0 Å². The minimum Gasteiger partial charge on any atom is -0.478 e. The zero-order chi connectivity index (χ0) is 10.6. The van der Waals surface area contributed by atoms with Crippen LogP contribution in [0.5, 0.6) is 5.75 Å². The normalized spacial score (nSPS) is 9.86. The average molecular weight is 196 g/mol. The van der Waals surface area contributed by atoms with Gasteiger partial charge >= 0.3 is 5.97 Å². The SMILES string of the molecule is COCOc1ccc(C)c(C(=O)O)c1. The van der Waals surface area contributed by atoms with Crippen molar-refractivity contribution in [3.63, 3.8) is 0 Å². The fourth-order valence-corrected chi connectivity index (χ4v) is 1.05. The molecule has 0 aliphatic rings. The molecule has 4 heteroatoms. The molecule has 0 spiro atoms. The Morgan fingerprint density at radius 3 is 2.79 bits per heavy atom. The van der Waals surface area contributed by atoms with Gasteiger partial charge in [-0.25, -0.2) is 4.79 Å². The molecule has 4 nitrogen and oxygen atoms in total. The summed E-state index contributed by atoms with van der Waals surface area (Å²) in [7, 11) is 1.51. The van der Waals surface area contributed by atoms with Crippen molar-refractivity contribution in [2.75, 3.05) is 13.9 Å². The first-order valence-corrected chi connectivity index (χ1v) is 4.11. The number of carbonyl (C=O) groups is 1. The summed E-state index contributed by atoms with van der Waals surface area (Å²) >= 11 is 0. The van der Waals surface area contributed by atoms with E-state index in [-0.39, 0.29) is 12.4 Å². The Labute approximate surface area is 82.1 Å². The summed E-state index contributed by atoms with van der Waals surface area (Å²) in [4.78, 5) is 10.8. The van der Waals surface area contributed by atoms with Crippen LogP contribution >= 0.6 is 0 Å². The van der Waals surface area contributed by atoms with Gasteiger partial charge in [-0.2, -0.15) is 0 Å². The summed E-state index contributed by atoms with van der Waals surface area (Å²) in [6, 6.07) is 4.89. The topological polar surface area (TPSA) is 55.8 Å². The first-order chi connectivity index (χ1) is 6.65. The van der Waals surface area contributed by atoms with Crippen molar-refractivity contribution < 1.29 is 19.4 Å². The molecule has 1 aromatic carbocycles. The van der Waals surface area contributed by atoms with Crippen LogP contribution in [0.15, 0.2) is 18.2 Å². The lowest BCUT2D eigenvalue weighted by Crippen LogP contribution is -2.03. The lowest BCUT2D eigenvalue weighted by molar-refractivity contribution is 0.0507. The number of aryl methyl sites for hydroxylation is 1. The van der Waals surface area contributed by atoms with Gasteiger partial charge in [0, 0.05) is 7.11 Å². The van der Waals surface area contributed by atoms with E-state index in [0.29, 0.717) is 11.3 Å². The molecule has 0 bridgehead atoms. The van der Waals surface area contributed by atoms with E-state index < -0.39 is 5.97 Å². The molecule has 1 aromatic rings. The third-order valence-electron chi connectivity index (χ3n) is 1.78. The van der Waals surface area contributed by atoms with E-state index in [4.69, 9.17) is 14.6 Å². The lowest BCUT2D eigenvalue weighted by atomic mass is 10.1. The van der Waals surface area contributed by atoms with E-state index in [2.05, 4.69) is 0 Å². The summed E-state index contributed by atoms with van der Waals surface area (Å²) < 4.78 is 9.82. The van der Waals surface area contributed by atoms with Crippen LogP contribution < -0.4 is 4.74 Å². The average Bonchev–Trinajstić information content (AvgIpc) is 2.16. The van der Waals surface area contributed by atoms with Crippen LogP contribution in [-0.4, -0.2) is 25.0 Å². The Morgan fingerprint density at radius 2 is 2.21 bits per heavy atom. The molecule has 1 rings (SSSR count). The molecular formula is C10H12O4. The van der Waals surface area contributed by atoms with E-state index in [1.54, 1.807) is 19.1 Å². The van der Waals surface area contributed by atoms with Crippen molar-refractivity contribution in [1.29, 1.82) is 0 Å². The molecule has 0 fully saturated rings. The number of methoxy groups -OCH3 is 1. The molecule has 0 aromatic heterocycles. The van der Waals surface area contributed by atoms with Crippen LogP contribution in [0.4, 0.5) is 0 Å². The third-order valence-corrected chi connectivity index (χ3v) is 1.78. The van der Waals surface area contributed by atoms with Gasteiger partial charge in [-0.15, -0.1) is 0 Å². The van der Waals surface area contributed by atoms with Crippen molar-refractivity contribution in [3.05, 3.63) is 29.3 Å². The molecule has 0 aliphatic carbocycles. The number of carboxylic acids is 1. The number of hydrogen-bond donors (Lipinski definition) is 1. The summed E-state index contributed by atoms with van der Waals surface area (Å²) in [6.07, 6.45) is 0. The third kappa shape index (κ3) is 2.47. The van der Waals surface area contributed by atoms with Crippen LogP contribution in [0.3, 0.4) is 0 Å². The second-order valence-corrected chi connectivity index (χ2v) is 2.83. The number of carboxylic acid groups (broad SMARTS) is 1.